The Morgan fingerprint density at radius 3 is 2.52 bits per heavy atom. The summed E-state index contributed by atoms with van der Waals surface area (Å²) in [4.78, 5) is 4.45. The summed E-state index contributed by atoms with van der Waals surface area (Å²) < 4.78 is 19.2. The maximum absolute atomic E-state index is 14.0. The highest BCUT2D eigenvalue weighted by atomic mass is 127. The Morgan fingerprint density at radius 2 is 1.93 bits per heavy atom. The molecule has 0 amide bonds. The highest BCUT2D eigenvalue weighted by Crippen LogP contribution is 2.21. The molecule has 0 bridgehead atoms. The van der Waals surface area contributed by atoms with Crippen LogP contribution < -0.4 is 15.4 Å². The lowest BCUT2D eigenvalue weighted by atomic mass is 9.98. The lowest BCUT2D eigenvalue weighted by molar-refractivity contribution is 0.414. The number of nitrogens with zero attached hydrogens (tertiary/aromatic N) is 2. The molecule has 156 valence electrons. The normalized spacial score (nSPS) is 11.8. The van der Waals surface area contributed by atoms with Crippen molar-refractivity contribution in [3.8, 4) is 11.8 Å². The molecule has 2 aromatic carbocycles. The topological polar surface area (TPSA) is 69.4 Å². The van der Waals surface area contributed by atoms with Crippen LogP contribution in [-0.2, 0) is 6.54 Å². The van der Waals surface area contributed by atoms with E-state index < -0.39 is 5.82 Å². The molecule has 0 fully saturated rings. The molecule has 0 saturated carbocycles. The van der Waals surface area contributed by atoms with E-state index in [1.165, 1.54) is 11.6 Å². The molecule has 0 aliphatic heterocycles. The van der Waals surface area contributed by atoms with E-state index >= 15 is 0 Å². The van der Waals surface area contributed by atoms with Crippen LogP contribution in [0.1, 0.15) is 42.9 Å². The maximum atomic E-state index is 14.0. The van der Waals surface area contributed by atoms with Gasteiger partial charge in [0.2, 0.25) is 0 Å². The number of rotatable bonds is 8. The third-order valence-corrected chi connectivity index (χ3v) is 4.49. The molecule has 0 spiro atoms. The number of aliphatic imine (C=N–C) groups is 1. The SMILES string of the molecule is CCNC(=NCc1ccc(C#N)cc1F)NCCC(C)c1ccc(OC)cc1.I. The summed E-state index contributed by atoms with van der Waals surface area (Å²) in [5, 5.41) is 15.3. The third-order valence-electron chi connectivity index (χ3n) is 4.49. The number of ether oxygens (including phenoxy) is 1. The van der Waals surface area contributed by atoms with E-state index in [1.807, 2.05) is 25.1 Å². The van der Waals surface area contributed by atoms with Gasteiger partial charge in [-0.05, 0) is 49.1 Å². The highest BCUT2D eigenvalue weighted by Gasteiger charge is 2.07. The van der Waals surface area contributed by atoms with Crippen LogP contribution in [0.3, 0.4) is 0 Å². The van der Waals surface area contributed by atoms with E-state index in [0.29, 0.717) is 23.0 Å². The summed E-state index contributed by atoms with van der Waals surface area (Å²) in [7, 11) is 1.66. The van der Waals surface area contributed by atoms with Crippen LogP contribution in [-0.4, -0.2) is 26.2 Å². The van der Waals surface area contributed by atoms with Crippen LogP contribution in [0.25, 0.3) is 0 Å². The molecule has 29 heavy (non-hydrogen) atoms. The fraction of sp³-hybridized carbons (Fsp3) is 0.364. The molecular formula is C22H28FIN4O. The second kappa shape index (κ2) is 13.0. The van der Waals surface area contributed by atoms with Crippen molar-refractivity contribution in [2.24, 2.45) is 4.99 Å². The third kappa shape index (κ3) is 7.89. The number of hydrogen-bond donors (Lipinski definition) is 2. The van der Waals surface area contributed by atoms with Gasteiger partial charge in [0, 0.05) is 18.7 Å². The van der Waals surface area contributed by atoms with Crippen LogP contribution in [0.4, 0.5) is 4.39 Å². The van der Waals surface area contributed by atoms with Crippen molar-refractivity contribution < 1.29 is 9.13 Å². The van der Waals surface area contributed by atoms with Crippen molar-refractivity contribution in [2.75, 3.05) is 20.2 Å². The van der Waals surface area contributed by atoms with Gasteiger partial charge in [0.1, 0.15) is 11.6 Å². The first-order valence-corrected chi connectivity index (χ1v) is 9.42. The first-order valence-electron chi connectivity index (χ1n) is 9.42. The maximum Gasteiger partial charge on any atom is 0.191 e. The van der Waals surface area contributed by atoms with E-state index in [-0.39, 0.29) is 30.5 Å². The molecule has 0 saturated heterocycles. The average molecular weight is 510 g/mol. The second-order valence-corrected chi connectivity index (χ2v) is 6.50. The van der Waals surface area contributed by atoms with Gasteiger partial charge in [0.25, 0.3) is 0 Å². The van der Waals surface area contributed by atoms with Gasteiger partial charge in [0.15, 0.2) is 5.96 Å². The van der Waals surface area contributed by atoms with Crippen molar-refractivity contribution in [2.45, 2.75) is 32.7 Å². The average Bonchev–Trinajstić information content (AvgIpc) is 2.72. The van der Waals surface area contributed by atoms with Crippen LogP contribution in [0.15, 0.2) is 47.5 Å². The van der Waals surface area contributed by atoms with Crippen molar-refractivity contribution in [3.05, 3.63) is 65.0 Å². The Labute approximate surface area is 189 Å². The molecule has 0 aliphatic rings. The highest BCUT2D eigenvalue weighted by molar-refractivity contribution is 14.0. The van der Waals surface area contributed by atoms with E-state index in [4.69, 9.17) is 10.00 Å². The Morgan fingerprint density at radius 1 is 1.21 bits per heavy atom. The number of methoxy groups -OCH3 is 1. The standard InChI is InChI=1S/C22H27FN4O.HI/c1-4-25-22(27-15-19-6-5-17(14-24)13-21(19)23)26-12-11-16(2)18-7-9-20(28-3)10-8-18;/h5-10,13,16H,4,11-12,15H2,1-3H3,(H2,25,26,27);1H. The summed E-state index contributed by atoms with van der Waals surface area (Å²) >= 11 is 0. The molecule has 0 radical (unpaired) electrons. The predicted octanol–water partition coefficient (Wildman–Crippen LogP) is 4.57. The molecule has 1 unspecified atom stereocenters. The molecular weight excluding hydrogens is 482 g/mol. The van der Waals surface area contributed by atoms with Crippen LogP contribution >= 0.6 is 24.0 Å². The summed E-state index contributed by atoms with van der Waals surface area (Å²) in [6.07, 6.45) is 0.933. The minimum Gasteiger partial charge on any atom is -0.497 e. The number of guanidine groups is 1. The molecule has 2 N–H and O–H groups in total. The summed E-state index contributed by atoms with van der Waals surface area (Å²) in [5.41, 5.74) is 2.02. The molecule has 0 aliphatic carbocycles. The van der Waals surface area contributed by atoms with Crippen LogP contribution in [0.5, 0.6) is 5.75 Å². The van der Waals surface area contributed by atoms with E-state index in [1.54, 1.807) is 19.2 Å². The largest absolute Gasteiger partial charge is 0.497 e. The summed E-state index contributed by atoms with van der Waals surface area (Å²) in [6.45, 7) is 5.84. The molecule has 0 aromatic heterocycles. The smallest absolute Gasteiger partial charge is 0.191 e. The molecule has 7 heteroatoms. The Hall–Kier alpha value is -2.34. The Kier molecular flexibility index (Phi) is 11.1. The minimum absolute atomic E-state index is 0. The Bertz CT molecular complexity index is 834. The number of hydrogen-bond acceptors (Lipinski definition) is 3. The van der Waals surface area contributed by atoms with Crippen LogP contribution in [0, 0.1) is 17.1 Å². The molecule has 0 heterocycles. The van der Waals surface area contributed by atoms with Gasteiger partial charge < -0.3 is 15.4 Å². The summed E-state index contributed by atoms with van der Waals surface area (Å²) in [5.74, 6) is 1.47. The lowest BCUT2D eigenvalue weighted by Crippen LogP contribution is -2.38. The number of benzene rings is 2. The van der Waals surface area contributed by atoms with Crippen LogP contribution in [0.2, 0.25) is 0 Å². The minimum atomic E-state index is -0.410. The van der Waals surface area contributed by atoms with Crippen molar-refractivity contribution in [3.63, 3.8) is 0 Å². The first-order chi connectivity index (χ1) is 13.6. The predicted molar refractivity (Wildman–Crippen MR) is 125 cm³/mol. The quantitative estimate of drug-likeness (QED) is 0.310. The van der Waals surface area contributed by atoms with E-state index in [2.05, 4.69) is 34.7 Å². The number of halogens is 2. The van der Waals surface area contributed by atoms with Crippen molar-refractivity contribution in [1.29, 1.82) is 5.26 Å². The van der Waals surface area contributed by atoms with Gasteiger partial charge in [0.05, 0.1) is 25.3 Å². The summed E-state index contributed by atoms with van der Waals surface area (Å²) in [6, 6.07) is 14.5. The van der Waals surface area contributed by atoms with Gasteiger partial charge >= 0.3 is 0 Å². The van der Waals surface area contributed by atoms with Gasteiger partial charge in [-0.1, -0.05) is 25.1 Å². The zero-order chi connectivity index (χ0) is 20.4. The number of nitriles is 1. The van der Waals surface area contributed by atoms with Crippen molar-refractivity contribution in [1.82, 2.24) is 10.6 Å². The molecule has 5 nitrogen and oxygen atoms in total. The zero-order valence-electron chi connectivity index (χ0n) is 17.0. The van der Waals surface area contributed by atoms with Gasteiger partial charge in [-0.15, -0.1) is 24.0 Å². The second-order valence-electron chi connectivity index (χ2n) is 6.50. The van der Waals surface area contributed by atoms with E-state index in [9.17, 15) is 4.39 Å². The zero-order valence-corrected chi connectivity index (χ0v) is 19.4. The molecule has 2 aromatic rings. The first kappa shape index (κ1) is 24.7. The molecule has 1 atom stereocenters. The van der Waals surface area contributed by atoms with Gasteiger partial charge in [-0.25, -0.2) is 9.38 Å². The van der Waals surface area contributed by atoms with Gasteiger partial charge in [-0.3, -0.25) is 0 Å². The van der Waals surface area contributed by atoms with E-state index in [0.717, 1.165) is 25.3 Å². The fourth-order valence-corrected chi connectivity index (χ4v) is 2.76. The molecule has 2 rings (SSSR count). The Balaban J connectivity index is 0.00000420. The lowest BCUT2D eigenvalue weighted by Gasteiger charge is -2.15. The number of nitrogens with one attached hydrogen (secondary N) is 2. The van der Waals surface area contributed by atoms with Gasteiger partial charge in [-0.2, -0.15) is 5.26 Å². The monoisotopic (exact) mass is 510 g/mol. The van der Waals surface area contributed by atoms with Crippen molar-refractivity contribution >= 4 is 29.9 Å². The fourth-order valence-electron chi connectivity index (χ4n) is 2.76.